The van der Waals surface area contributed by atoms with Gasteiger partial charge in [-0.1, -0.05) is 6.07 Å². The van der Waals surface area contributed by atoms with E-state index in [4.69, 9.17) is 9.47 Å². The predicted molar refractivity (Wildman–Crippen MR) is 81.5 cm³/mol. The van der Waals surface area contributed by atoms with Crippen LogP contribution in [0.3, 0.4) is 0 Å². The number of hydrogen-bond donors (Lipinski definition) is 2. The predicted octanol–water partition coefficient (Wildman–Crippen LogP) is 0.886. The van der Waals surface area contributed by atoms with Crippen LogP contribution in [0.15, 0.2) is 29.3 Å². The van der Waals surface area contributed by atoms with Crippen molar-refractivity contribution in [3.8, 4) is 11.5 Å². The van der Waals surface area contributed by atoms with Gasteiger partial charge in [0.25, 0.3) is 0 Å². The standard InChI is InChI=1S/C14H15N3O6S/c1-8(9-3-4-10-11(5-9)23-7-22-10)16-24(20,21)12-6-15-17(2)13(12)14(18)19/h3-6,8,16H,7H2,1-2H3,(H,18,19). The molecule has 2 N–H and O–H groups in total. The van der Waals surface area contributed by atoms with Gasteiger partial charge in [-0.05, 0) is 24.6 Å². The quantitative estimate of drug-likeness (QED) is 0.819. The summed E-state index contributed by atoms with van der Waals surface area (Å²) in [5.74, 6) is -0.244. The largest absolute Gasteiger partial charge is 0.476 e. The molecule has 0 aliphatic carbocycles. The number of benzene rings is 1. The van der Waals surface area contributed by atoms with Gasteiger partial charge in [-0.3, -0.25) is 4.68 Å². The van der Waals surface area contributed by atoms with Crippen LogP contribution < -0.4 is 14.2 Å². The first-order valence-corrected chi connectivity index (χ1v) is 8.45. The first kappa shape index (κ1) is 16.3. The summed E-state index contributed by atoms with van der Waals surface area (Å²) in [6.45, 7) is 1.77. The number of carbonyl (C=O) groups is 1. The molecule has 0 fully saturated rings. The van der Waals surface area contributed by atoms with Gasteiger partial charge in [0.2, 0.25) is 16.8 Å². The third-order valence-corrected chi connectivity index (χ3v) is 5.17. The van der Waals surface area contributed by atoms with Gasteiger partial charge in [0.15, 0.2) is 17.2 Å². The highest BCUT2D eigenvalue weighted by molar-refractivity contribution is 7.89. The van der Waals surface area contributed by atoms with E-state index in [1.165, 1.54) is 7.05 Å². The molecule has 0 spiro atoms. The number of fused-ring (bicyclic) bond motifs is 1. The monoisotopic (exact) mass is 353 g/mol. The second-order valence-corrected chi connectivity index (χ2v) is 6.92. The molecule has 10 heteroatoms. The Morgan fingerprint density at radius 3 is 2.79 bits per heavy atom. The highest BCUT2D eigenvalue weighted by Gasteiger charge is 2.28. The number of aromatic carboxylic acids is 1. The Hall–Kier alpha value is -2.59. The lowest BCUT2D eigenvalue weighted by molar-refractivity contribution is 0.0680. The van der Waals surface area contributed by atoms with E-state index in [0.717, 1.165) is 10.9 Å². The molecule has 0 saturated heterocycles. The maximum atomic E-state index is 12.5. The van der Waals surface area contributed by atoms with E-state index in [9.17, 15) is 18.3 Å². The molecule has 128 valence electrons. The van der Waals surface area contributed by atoms with E-state index < -0.39 is 27.7 Å². The van der Waals surface area contributed by atoms with Gasteiger partial charge in [-0.15, -0.1) is 0 Å². The minimum Gasteiger partial charge on any atom is -0.476 e. The van der Waals surface area contributed by atoms with Gasteiger partial charge in [-0.2, -0.15) is 5.10 Å². The molecular formula is C14H15N3O6S. The van der Waals surface area contributed by atoms with Crippen molar-refractivity contribution in [3.63, 3.8) is 0 Å². The maximum Gasteiger partial charge on any atom is 0.355 e. The van der Waals surface area contributed by atoms with Gasteiger partial charge >= 0.3 is 5.97 Å². The van der Waals surface area contributed by atoms with Crippen LogP contribution in [-0.4, -0.2) is 36.1 Å². The fourth-order valence-electron chi connectivity index (χ4n) is 2.40. The maximum absolute atomic E-state index is 12.5. The zero-order chi connectivity index (χ0) is 17.5. The van der Waals surface area contributed by atoms with Crippen LogP contribution in [0.2, 0.25) is 0 Å². The van der Waals surface area contributed by atoms with Crippen molar-refractivity contribution in [2.75, 3.05) is 6.79 Å². The molecule has 0 amide bonds. The number of carboxylic acids is 1. The van der Waals surface area contributed by atoms with E-state index in [-0.39, 0.29) is 11.7 Å². The second kappa shape index (κ2) is 5.80. The summed E-state index contributed by atoms with van der Waals surface area (Å²) in [6, 6.07) is 4.47. The fourth-order valence-corrected chi connectivity index (χ4v) is 3.79. The van der Waals surface area contributed by atoms with E-state index in [0.29, 0.717) is 17.1 Å². The summed E-state index contributed by atoms with van der Waals surface area (Å²) in [5.41, 5.74) is 0.254. The average molecular weight is 353 g/mol. The number of hydrogen-bond acceptors (Lipinski definition) is 6. The van der Waals surface area contributed by atoms with Crippen molar-refractivity contribution in [2.45, 2.75) is 17.9 Å². The molecule has 1 atom stereocenters. The van der Waals surface area contributed by atoms with Crippen LogP contribution in [0.1, 0.15) is 29.0 Å². The smallest absolute Gasteiger partial charge is 0.355 e. The molecule has 0 bridgehead atoms. The Balaban J connectivity index is 1.88. The highest BCUT2D eigenvalue weighted by Crippen LogP contribution is 2.34. The van der Waals surface area contributed by atoms with Crippen molar-refractivity contribution in [1.29, 1.82) is 0 Å². The third-order valence-electron chi connectivity index (χ3n) is 3.63. The molecule has 2 aromatic rings. The number of ether oxygens (including phenoxy) is 2. The Morgan fingerprint density at radius 2 is 2.08 bits per heavy atom. The molecule has 24 heavy (non-hydrogen) atoms. The zero-order valence-electron chi connectivity index (χ0n) is 12.9. The summed E-state index contributed by atoms with van der Waals surface area (Å²) >= 11 is 0. The molecule has 9 nitrogen and oxygen atoms in total. The minimum absolute atomic E-state index is 0.122. The molecule has 1 unspecified atom stereocenters. The second-order valence-electron chi connectivity index (χ2n) is 5.24. The van der Waals surface area contributed by atoms with E-state index >= 15 is 0 Å². The molecular weight excluding hydrogens is 338 g/mol. The molecule has 1 aliphatic rings. The summed E-state index contributed by atoms with van der Waals surface area (Å²) < 4.78 is 38.9. The SMILES string of the molecule is CC(NS(=O)(=O)c1cnn(C)c1C(=O)O)c1ccc2c(c1)OCO2. The molecule has 0 saturated carbocycles. The van der Waals surface area contributed by atoms with Crippen LogP contribution in [0.4, 0.5) is 0 Å². The number of carboxylic acid groups (broad SMARTS) is 1. The van der Waals surface area contributed by atoms with Crippen molar-refractivity contribution >= 4 is 16.0 Å². The van der Waals surface area contributed by atoms with Gasteiger partial charge < -0.3 is 14.6 Å². The number of aromatic nitrogens is 2. The van der Waals surface area contributed by atoms with E-state index in [1.807, 2.05) is 0 Å². The van der Waals surface area contributed by atoms with Crippen molar-refractivity contribution < 1.29 is 27.8 Å². The molecule has 1 aliphatic heterocycles. The highest BCUT2D eigenvalue weighted by atomic mass is 32.2. The van der Waals surface area contributed by atoms with Gasteiger partial charge in [0.1, 0.15) is 4.90 Å². The number of sulfonamides is 1. The van der Waals surface area contributed by atoms with Crippen molar-refractivity contribution in [1.82, 2.24) is 14.5 Å². The van der Waals surface area contributed by atoms with E-state index in [2.05, 4.69) is 9.82 Å². The number of nitrogens with zero attached hydrogens (tertiary/aromatic N) is 2. The van der Waals surface area contributed by atoms with Gasteiger partial charge in [0, 0.05) is 13.1 Å². The third kappa shape index (κ3) is 2.81. The number of nitrogens with one attached hydrogen (secondary N) is 1. The van der Waals surface area contributed by atoms with E-state index in [1.54, 1.807) is 25.1 Å². The average Bonchev–Trinajstić information content (AvgIpc) is 3.12. The summed E-state index contributed by atoms with van der Waals surface area (Å²) in [7, 11) is -2.70. The summed E-state index contributed by atoms with van der Waals surface area (Å²) in [5, 5.41) is 12.9. The molecule has 1 aromatic carbocycles. The Labute approximate surface area is 137 Å². The number of aryl methyl sites for hydroxylation is 1. The van der Waals surface area contributed by atoms with Crippen molar-refractivity contribution in [2.24, 2.45) is 7.05 Å². The van der Waals surface area contributed by atoms with Crippen LogP contribution in [-0.2, 0) is 17.1 Å². The molecule has 1 aromatic heterocycles. The Morgan fingerprint density at radius 1 is 1.38 bits per heavy atom. The van der Waals surface area contributed by atoms with Crippen LogP contribution in [0.5, 0.6) is 11.5 Å². The van der Waals surface area contributed by atoms with Crippen molar-refractivity contribution in [3.05, 3.63) is 35.7 Å². The first-order chi connectivity index (χ1) is 11.3. The van der Waals surface area contributed by atoms with Gasteiger partial charge in [-0.25, -0.2) is 17.9 Å². The van der Waals surface area contributed by atoms with Crippen LogP contribution >= 0.6 is 0 Å². The lowest BCUT2D eigenvalue weighted by Gasteiger charge is -2.15. The molecule has 0 radical (unpaired) electrons. The van der Waals surface area contributed by atoms with Crippen LogP contribution in [0.25, 0.3) is 0 Å². The summed E-state index contributed by atoms with van der Waals surface area (Å²) in [6.07, 6.45) is 1.01. The Kier molecular flexibility index (Phi) is 3.93. The Bertz CT molecular complexity index is 905. The van der Waals surface area contributed by atoms with Crippen LogP contribution in [0, 0.1) is 0 Å². The van der Waals surface area contributed by atoms with Gasteiger partial charge in [0.05, 0.1) is 6.20 Å². The topological polar surface area (TPSA) is 120 Å². The molecule has 2 heterocycles. The lowest BCUT2D eigenvalue weighted by Crippen LogP contribution is -2.28. The number of rotatable bonds is 5. The fraction of sp³-hybridized carbons (Fsp3) is 0.286. The zero-order valence-corrected chi connectivity index (χ0v) is 13.7. The normalized spacial score (nSPS) is 14.6. The summed E-state index contributed by atoms with van der Waals surface area (Å²) in [4.78, 5) is 10.9. The minimum atomic E-state index is -4.06. The lowest BCUT2D eigenvalue weighted by atomic mass is 10.1. The first-order valence-electron chi connectivity index (χ1n) is 6.97. The molecule has 3 rings (SSSR count).